The molecule has 0 aliphatic carbocycles. The first-order chi connectivity index (χ1) is 28.8. The molecule has 61 heavy (non-hydrogen) atoms. The van der Waals surface area contributed by atoms with Crippen molar-refractivity contribution in [3.05, 3.63) is 187 Å². The van der Waals surface area contributed by atoms with Crippen LogP contribution in [0.15, 0.2) is 168 Å². The van der Waals surface area contributed by atoms with Crippen molar-refractivity contribution >= 4 is 35.2 Å². The Bertz CT molecular complexity index is 2900. The Morgan fingerprint density at radius 3 is 1.85 bits per heavy atom. The third kappa shape index (κ3) is 9.45. The molecule has 0 unspecified atom stereocenters. The second-order valence-corrected chi connectivity index (χ2v) is 23.0. The summed E-state index contributed by atoms with van der Waals surface area (Å²) in [6, 6.07) is 59.6. The molecule has 0 saturated heterocycles. The van der Waals surface area contributed by atoms with Crippen molar-refractivity contribution in [1.29, 1.82) is 0 Å². The van der Waals surface area contributed by atoms with Gasteiger partial charge in [0, 0.05) is 43.4 Å². The Morgan fingerprint density at radius 2 is 1.21 bits per heavy atom. The van der Waals surface area contributed by atoms with Crippen LogP contribution in [-0.4, -0.2) is 18.0 Å². The van der Waals surface area contributed by atoms with Crippen molar-refractivity contribution in [1.82, 2.24) is 9.97 Å². The summed E-state index contributed by atoms with van der Waals surface area (Å²) >= 11 is 0. The maximum atomic E-state index is 6.60. The van der Waals surface area contributed by atoms with Crippen molar-refractivity contribution in [3.63, 3.8) is 0 Å². The maximum absolute atomic E-state index is 6.60. The predicted molar refractivity (Wildman–Crippen MR) is 256 cm³/mol. The van der Waals surface area contributed by atoms with Crippen LogP contribution in [0.2, 0.25) is 19.6 Å². The molecule has 3 heterocycles. The molecule has 9 aromatic rings. The van der Waals surface area contributed by atoms with E-state index in [0.29, 0.717) is 5.92 Å². The number of furan rings is 1. The van der Waals surface area contributed by atoms with Crippen LogP contribution in [0, 0.1) is 12.1 Å². The SMILES string of the molecule is CC(C)(C)c1ccc(-c2cccc3c2oc2c(-c4cc(-c5ccccc5)ccn4)[c-]ccc23)cc1.CC(C)c1cc(-c2[c-]ccc(-c3ccccc3)c2)ncc1[Si](C)(C)C.[Ir]. The summed E-state index contributed by atoms with van der Waals surface area (Å²) in [7, 11) is -1.40. The minimum Gasteiger partial charge on any atom is -0.500 e. The first kappa shape index (κ1) is 43.4. The summed E-state index contributed by atoms with van der Waals surface area (Å²) in [5, 5.41) is 3.64. The molecule has 0 amide bonds. The van der Waals surface area contributed by atoms with Crippen LogP contribution in [0.3, 0.4) is 0 Å². The third-order valence-electron chi connectivity index (χ3n) is 11.2. The number of benzene rings is 6. The number of fused-ring (bicyclic) bond motifs is 3. The average Bonchev–Trinajstić information content (AvgIpc) is 3.66. The summed E-state index contributed by atoms with van der Waals surface area (Å²) < 4.78 is 6.60. The van der Waals surface area contributed by atoms with Crippen molar-refractivity contribution in [2.24, 2.45) is 0 Å². The van der Waals surface area contributed by atoms with Crippen LogP contribution in [0.1, 0.15) is 51.7 Å². The van der Waals surface area contributed by atoms with E-state index < -0.39 is 8.07 Å². The number of hydrogen-bond acceptors (Lipinski definition) is 3. The van der Waals surface area contributed by atoms with Crippen molar-refractivity contribution in [2.45, 2.75) is 65.6 Å². The topological polar surface area (TPSA) is 38.9 Å². The fourth-order valence-corrected chi connectivity index (χ4v) is 9.53. The summed E-state index contributed by atoms with van der Waals surface area (Å²) in [4.78, 5) is 9.47. The molecule has 0 fully saturated rings. The molecule has 5 heteroatoms. The third-order valence-corrected chi connectivity index (χ3v) is 13.2. The number of nitrogens with zero attached hydrogens (tertiary/aromatic N) is 2. The van der Waals surface area contributed by atoms with Gasteiger partial charge in [-0.15, -0.1) is 53.6 Å². The minimum atomic E-state index is -1.40. The van der Waals surface area contributed by atoms with E-state index in [2.05, 4.69) is 199 Å². The van der Waals surface area contributed by atoms with E-state index in [1.807, 2.05) is 36.5 Å². The fraction of sp³-hybridized carbons (Fsp3) is 0.179. The summed E-state index contributed by atoms with van der Waals surface area (Å²) in [6.07, 6.45) is 3.97. The number of aromatic nitrogens is 2. The largest absolute Gasteiger partial charge is 0.500 e. The van der Waals surface area contributed by atoms with Crippen LogP contribution in [0.5, 0.6) is 0 Å². The van der Waals surface area contributed by atoms with Crippen molar-refractivity contribution in [2.75, 3.05) is 0 Å². The van der Waals surface area contributed by atoms with Gasteiger partial charge in [0.15, 0.2) is 0 Å². The second-order valence-electron chi connectivity index (χ2n) is 17.9. The predicted octanol–water partition coefficient (Wildman–Crippen LogP) is 15.0. The Balaban J connectivity index is 0.000000192. The summed E-state index contributed by atoms with van der Waals surface area (Å²) in [6.45, 7) is 18.4. The van der Waals surface area contributed by atoms with Crippen LogP contribution in [0.25, 0.3) is 77.8 Å². The van der Waals surface area contributed by atoms with Gasteiger partial charge in [0.05, 0.1) is 13.7 Å². The zero-order valence-electron chi connectivity index (χ0n) is 36.3. The Kier molecular flexibility index (Phi) is 12.9. The van der Waals surface area contributed by atoms with Gasteiger partial charge in [-0.05, 0) is 61.8 Å². The number of para-hydroxylation sites is 1. The van der Waals surface area contributed by atoms with Gasteiger partial charge in [-0.1, -0.05) is 186 Å². The molecule has 0 bridgehead atoms. The van der Waals surface area contributed by atoms with Gasteiger partial charge in [-0.3, -0.25) is 0 Å². The minimum absolute atomic E-state index is 0. The number of rotatable bonds is 7. The standard InChI is InChI=1S/C33H26NO.C23H26NSi.Ir/c1-33(2,3)25-17-15-23(16-18-25)26-11-7-12-27-28-13-8-14-29(32(28)35-31(26)27)30-21-24(19-20-34-30)22-9-5-4-6-10-22;1-17(2)21-15-22(24-16-23(21)25(3,4)5)20-13-9-12-19(14-20)18-10-7-6-8-11-18;/h4-13,15-21H,1-3H3;6-12,14-17H,1-5H3;/q2*-1;. The summed E-state index contributed by atoms with van der Waals surface area (Å²) in [5.74, 6) is 0.501. The van der Waals surface area contributed by atoms with Gasteiger partial charge in [0.2, 0.25) is 0 Å². The summed E-state index contributed by atoms with van der Waals surface area (Å²) in [5.41, 5.74) is 15.4. The normalized spacial score (nSPS) is 11.6. The van der Waals surface area contributed by atoms with E-state index in [9.17, 15) is 0 Å². The Labute approximate surface area is 376 Å². The molecule has 0 aliphatic rings. The van der Waals surface area contributed by atoms with Crippen LogP contribution < -0.4 is 5.19 Å². The van der Waals surface area contributed by atoms with Gasteiger partial charge in [0.25, 0.3) is 0 Å². The van der Waals surface area contributed by atoms with Crippen LogP contribution in [-0.2, 0) is 25.5 Å². The molecule has 9 rings (SSSR count). The second kappa shape index (κ2) is 18.1. The zero-order chi connectivity index (χ0) is 42.0. The van der Waals surface area contributed by atoms with Crippen molar-refractivity contribution < 1.29 is 24.5 Å². The van der Waals surface area contributed by atoms with Crippen LogP contribution >= 0.6 is 0 Å². The van der Waals surface area contributed by atoms with Gasteiger partial charge < -0.3 is 14.4 Å². The molecule has 0 aliphatic heterocycles. The van der Waals surface area contributed by atoms with Crippen molar-refractivity contribution in [3.8, 4) is 55.9 Å². The molecule has 1 radical (unpaired) electrons. The molecule has 0 N–H and O–H groups in total. The van der Waals surface area contributed by atoms with Gasteiger partial charge in [0.1, 0.15) is 5.58 Å². The van der Waals surface area contributed by atoms with E-state index >= 15 is 0 Å². The van der Waals surface area contributed by atoms with E-state index in [-0.39, 0.29) is 25.5 Å². The molecule has 0 atom stereocenters. The fourth-order valence-electron chi connectivity index (χ4n) is 7.86. The number of hydrogen-bond donors (Lipinski definition) is 0. The van der Waals surface area contributed by atoms with E-state index in [4.69, 9.17) is 9.40 Å². The monoisotopic (exact) mass is 989 g/mol. The molecule has 3 nitrogen and oxygen atoms in total. The smallest absolute Gasteiger partial charge is 0.128 e. The molecular formula is C56H52IrN2OSi-2. The molecule has 3 aromatic heterocycles. The molecule has 6 aromatic carbocycles. The van der Waals surface area contributed by atoms with E-state index in [0.717, 1.165) is 66.7 Å². The number of pyridine rings is 2. The molecule has 0 spiro atoms. The quantitative estimate of drug-likeness (QED) is 0.118. The average molecular weight is 989 g/mol. The first-order valence-corrected chi connectivity index (χ1v) is 24.4. The Morgan fingerprint density at radius 1 is 0.574 bits per heavy atom. The van der Waals surface area contributed by atoms with Gasteiger partial charge in [-0.2, -0.15) is 0 Å². The molecular weight excluding hydrogens is 937 g/mol. The Hall–Kier alpha value is -5.71. The van der Waals surface area contributed by atoms with Gasteiger partial charge >= 0.3 is 0 Å². The first-order valence-electron chi connectivity index (χ1n) is 20.9. The van der Waals surface area contributed by atoms with E-state index in [1.54, 1.807) is 0 Å². The maximum Gasteiger partial charge on any atom is 0.128 e. The van der Waals surface area contributed by atoms with Crippen LogP contribution in [0.4, 0.5) is 0 Å². The van der Waals surface area contributed by atoms with Gasteiger partial charge in [-0.25, -0.2) is 0 Å². The molecule has 307 valence electrons. The zero-order valence-corrected chi connectivity index (χ0v) is 39.7. The molecule has 0 saturated carbocycles. The van der Waals surface area contributed by atoms with E-state index in [1.165, 1.54) is 27.4 Å².